The van der Waals surface area contributed by atoms with Gasteiger partial charge in [0.05, 0.1) is 0 Å². The van der Waals surface area contributed by atoms with Gasteiger partial charge in [0.1, 0.15) is 0 Å². The summed E-state index contributed by atoms with van der Waals surface area (Å²) in [5.74, 6) is 0.864. The summed E-state index contributed by atoms with van der Waals surface area (Å²) in [4.78, 5) is 11.6. The van der Waals surface area contributed by atoms with E-state index in [1.165, 1.54) is 76.0 Å². The van der Waals surface area contributed by atoms with E-state index in [2.05, 4.69) is 26.0 Å². The van der Waals surface area contributed by atoms with Crippen molar-refractivity contribution in [3.63, 3.8) is 0 Å². The molecule has 2 heteroatoms. The highest BCUT2D eigenvalue weighted by molar-refractivity contribution is 8.13. The third-order valence-corrected chi connectivity index (χ3v) is 4.35. The van der Waals surface area contributed by atoms with Gasteiger partial charge in [0.25, 0.3) is 0 Å². The lowest BCUT2D eigenvalue weighted by atomic mass is 10.1. The van der Waals surface area contributed by atoms with Crippen LogP contribution in [0.25, 0.3) is 0 Å². The minimum Gasteiger partial charge on any atom is -0.287 e. The van der Waals surface area contributed by atoms with Crippen LogP contribution < -0.4 is 0 Å². The molecule has 0 rings (SSSR count). The van der Waals surface area contributed by atoms with Gasteiger partial charge < -0.3 is 0 Å². The molecule has 118 valence electrons. The van der Waals surface area contributed by atoms with Gasteiger partial charge in [0, 0.05) is 12.2 Å². The molecule has 1 nitrogen and oxygen atoms in total. The number of allylic oxidation sites excluding steroid dienone is 1. The second kappa shape index (κ2) is 16.8. The van der Waals surface area contributed by atoms with E-state index in [0.29, 0.717) is 5.12 Å². The average molecular weight is 299 g/mol. The standard InChI is InChI=1S/C18H34OS/c1-3-5-7-9-11-13-15-17-20-18(19)16-14-12-10-8-6-4-2/h13,15H,3-12,14,16-17H2,1-2H3. The van der Waals surface area contributed by atoms with E-state index in [9.17, 15) is 4.79 Å². The summed E-state index contributed by atoms with van der Waals surface area (Å²) < 4.78 is 0. The highest BCUT2D eigenvalue weighted by Gasteiger charge is 2.00. The number of thioether (sulfide) groups is 1. The maximum Gasteiger partial charge on any atom is 0.189 e. The van der Waals surface area contributed by atoms with Gasteiger partial charge in [-0.2, -0.15) is 0 Å². The first kappa shape index (κ1) is 19.8. The van der Waals surface area contributed by atoms with Crippen LogP contribution in [-0.2, 0) is 4.79 Å². The van der Waals surface area contributed by atoms with E-state index in [-0.39, 0.29) is 0 Å². The van der Waals surface area contributed by atoms with Gasteiger partial charge in [-0.1, -0.05) is 89.1 Å². The average Bonchev–Trinajstić information content (AvgIpc) is 2.45. The fraction of sp³-hybridized carbons (Fsp3) is 0.833. The van der Waals surface area contributed by atoms with E-state index in [0.717, 1.165) is 18.6 Å². The lowest BCUT2D eigenvalue weighted by Crippen LogP contribution is -1.92. The Hall–Kier alpha value is -0.240. The lowest BCUT2D eigenvalue weighted by Gasteiger charge is -2.00. The maximum atomic E-state index is 11.6. The Kier molecular flexibility index (Phi) is 16.6. The molecule has 0 aromatic rings. The van der Waals surface area contributed by atoms with Crippen molar-refractivity contribution in [3.05, 3.63) is 12.2 Å². The minimum absolute atomic E-state index is 0.371. The second-order valence-electron chi connectivity index (χ2n) is 5.52. The molecule has 0 N–H and O–H groups in total. The molecule has 0 aromatic carbocycles. The van der Waals surface area contributed by atoms with Crippen LogP contribution >= 0.6 is 11.8 Å². The molecule has 0 saturated heterocycles. The molecular formula is C18H34OS. The summed E-state index contributed by atoms with van der Waals surface area (Å²) >= 11 is 1.49. The fourth-order valence-corrected chi connectivity index (χ4v) is 2.84. The van der Waals surface area contributed by atoms with Crippen molar-refractivity contribution in [3.8, 4) is 0 Å². The minimum atomic E-state index is 0.371. The number of rotatable bonds is 14. The van der Waals surface area contributed by atoms with Crippen LogP contribution in [0.1, 0.15) is 90.9 Å². The maximum absolute atomic E-state index is 11.6. The summed E-state index contributed by atoms with van der Waals surface area (Å²) in [5, 5.41) is 0.371. The van der Waals surface area contributed by atoms with Gasteiger partial charge in [-0.05, 0) is 19.3 Å². The van der Waals surface area contributed by atoms with Crippen molar-refractivity contribution >= 4 is 16.9 Å². The molecule has 0 radical (unpaired) electrons. The quantitative estimate of drug-likeness (QED) is 0.268. The molecule has 0 unspecified atom stereocenters. The summed E-state index contributed by atoms with van der Waals surface area (Å²) in [6, 6.07) is 0. The lowest BCUT2D eigenvalue weighted by molar-refractivity contribution is -0.111. The molecule has 0 heterocycles. The van der Waals surface area contributed by atoms with Crippen molar-refractivity contribution < 1.29 is 4.79 Å². The van der Waals surface area contributed by atoms with Gasteiger partial charge in [0.2, 0.25) is 0 Å². The van der Waals surface area contributed by atoms with Crippen LogP contribution in [0, 0.1) is 0 Å². The molecule has 0 amide bonds. The predicted octanol–water partition coefficient (Wildman–Crippen LogP) is 6.52. The predicted molar refractivity (Wildman–Crippen MR) is 93.4 cm³/mol. The van der Waals surface area contributed by atoms with E-state index < -0.39 is 0 Å². The van der Waals surface area contributed by atoms with Gasteiger partial charge >= 0.3 is 0 Å². The number of carbonyl (C=O) groups is 1. The molecule has 0 aliphatic carbocycles. The monoisotopic (exact) mass is 298 g/mol. The van der Waals surface area contributed by atoms with Gasteiger partial charge in [-0.15, -0.1) is 0 Å². The topological polar surface area (TPSA) is 17.1 Å². The Balaban J connectivity index is 3.25. The number of hydrogen-bond donors (Lipinski definition) is 0. The molecule has 0 aliphatic rings. The SMILES string of the molecule is CCCCCCC=CCSC(=O)CCCCCCCC. The summed E-state index contributed by atoms with van der Waals surface area (Å²) in [5.41, 5.74) is 0. The van der Waals surface area contributed by atoms with Gasteiger partial charge in [-0.3, -0.25) is 4.79 Å². The highest BCUT2D eigenvalue weighted by Crippen LogP contribution is 2.12. The summed E-state index contributed by atoms with van der Waals surface area (Å²) in [6.45, 7) is 4.47. The van der Waals surface area contributed by atoms with Crippen LogP contribution in [0.2, 0.25) is 0 Å². The Morgan fingerprint density at radius 2 is 1.40 bits per heavy atom. The van der Waals surface area contributed by atoms with Crippen molar-refractivity contribution in [2.24, 2.45) is 0 Å². The largest absolute Gasteiger partial charge is 0.287 e. The zero-order chi connectivity index (χ0) is 14.9. The van der Waals surface area contributed by atoms with E-state index in [1.807, 2.05) is 0 Å². The van der Waals surface area contributed by atoms with Gasteiger partial charge in [0.15, 0.2) is 5.12 Å². The molecule has 0 aromatic heterocycles. The molecule has 0 atom stereocenters. The van der Waals surface area contributed by atoms with Crippen molar-refractivity contribution in [1.29, 1.82) is 0 Å². The fourth-order valence-electron chi connectivity index (χ4n) is 2.14. The molecule has 0 bridgehead atoms. The Morgan fingerprint density at radius 3 is 2.10 bits per heavy atom. The Bertz CT molecular complexity index is 236. The first-order chi connectivity index (χ1) is 9.81. The molecular weight excluding hydrogens is 264 g/mol. The van der Waals surface area contributed by atoms with E-state index >= 15 is 0 Å². The highest BCUT2D eigenvalue weighted by atomic mass is 32.2. The van der Waals surface area contributed by atoms with Crippen LogP contribution in [-0.4, -0.2) is 10.9 Å². The second-order valence-corrected chi connectivity index (χ2v) is 6.60. The van der Waals surface area contributed by atoms with Crippen LogP contribution in [0.3, 0.4) is 0 Å². The molecule has 0 aliphatic heterocycles. The molecule has 0 saturated carbocycles. The van der Waals surface area contributed by atoms with Crippen LogP contribution in [0.5, 0.6) is 0 Å². The normalized spacial score (nSPS) is 11.3. The third kappa shape index (κ3) is 15.8. The van der Waals surface area contributed by atoms with Crippen molar-refractivity contribution in [2.75, 3.05) is 5.75 Å². The number of hydrogen-bond acceptors (Lipinski definition) is 2. The van der Waals surface area contributed by atoms with E-state index in [4.69, 9.17) is 0 Å². The smallest absolute Gasteiger partial charge is 0.189 e. The van der Waals surface area contributed by atoms with Crippen molar-refractivity contribution in [2.45, 2.75) is 90.9 Å². The number of carbonyl (C=O) groups excluding carboxylic acids is 1. The van der Waals surface area contributed by atoms with Crippen LogP contribution in [0.4, 0.5) is 0 Å². The van der Waals surface area contributed by atoms with Gasteiger partial charge in [-0.25, -0.2) is 0 Å². The first-order valence-electron chi connectivity index (χ1n) is 8.61. The van der Waals surface area contributed by atoms with Crippen LogP contribution in [0.15, 0.2) is 12.2 Å². The summed E-state index contributed by atoms with van der Waals surface area (Å²) in [6.07, 6.45) is 19.2. The Morgan fingerprint density at radius 1 is 0.800 bits per heavy atom. The van der Waals surface area contributed by atoms with E-state index in [1.54, 1.807) is 0 Å². The first-order valence-corrected chi connectivity index (χ1v) is 9.60. The third-order valence-electron chi connectivity index (χ3n) is 3.47. The molecule has 0 fully saturated rings. The zero-order valence-electron chi connectivity index (χ0n) is 13.7. The molecule has 0 spiro atoms. The summed E-state index contributed by atoms with van der Waals surface area (Å²) in [7, 11) is 0. The number of unbranched alkanes of at least 4 members (excludes halogenated alkanes) is 9. The Labute approximate surface area is 131 Å². The van der Waals surface area contributed by atoms with Crippen molar-refractivity contribution in [1.82, 2.24) is 0 Å². The molecule has 20 heavy (non-hydrogen) atoms. The zero-order valence-corrected chi connectivity index (χ0v) is 14.5.